The monoisotopic (exact) mass is 422 g/mol. The van der Waals surface area contributed by atoms with Crippen LogP contribution in [-0.4, -0.2) is 66.1 Å². The Morgan fingerprint density at radius 3 is 2.55 bits per heavy atom. The SMILES string of the molecule is CC(C)c1ccc([C@](O)(c2cnnc(N3CC4CCOC4C3)c2)C2(C)CN(C)C2)cc1. The third-order valence-electron chi connectivity index (χ3n) is 7.69. The van der Waals surface area contributed by atoms with Gasteiger partial charge < -0.3 is 19.6 Å². The largest absolute Gasteiger partial charge is 0.380 e. The van der Waals surface area contributed by atoms with Crippen LogP contribution in [0.5, 0.6) is 0 Å². The first-order chi connectivity index (χ1) is 14.8. The third kappa shape index (κ3) is 3.36. The second-order valence-electron chi connectivity index (χ2n) is 10.4. The van der Waals surface area contributed by atoms with Gasteiger partial charge in [0.15, 0.2) is 5.82 Å². The number of rotatable bonds is 5. The molecule has 0 spiro atoms. The standard InChI is InChI=1S/C25H34N4O2/c1-17(2)18-5-7-20(8-6-18)25(30,24(3)15-28(4)16-24)21-11-23(27-26-12-21)29-13-19-9-10-31-22(19)14-29/h5-8,11-12,17,19,22,30H,9-10,13-16H2,1-4H3/t19?,22?,25-/m0/s1. The molecule has 0 radical (unpaired) electrons. The smallest absolute Gasteiger partial charge is 0.151 e. The van der Waals surface area contributed by atoms with Gasteiger partial charge in [-0.05, 0) is 36.6 Å². The minimum Gasteiger partial charge on any atom is -0.380 e. The summed E-state index contributed by atoms with van der Waals surface area (Å²) in [6.07, 6.45) is 3.16. The maximum Gasteiger partial charge on any atom is 0.151 e. The van der Waals surface area contributed by atoms with Gasteiger partial charge in [-0.1, -0.05) is 45.0 Å². The van der Waals surface area contributed by atoms with E-state index in [0.29, 0.717) is 17.9 Å². The first-order valence-corrected chi connectivity index (χ1v) is 11.5. The molecule has 0 bridgehead atoms. The zero-order chi connectivity index (χ0) is 21.8. The molecule has 2 aromatic rings. The Hall–Kier alpha value is -2.02. The van der Waals surface area contributed by atoms with E-state index in [1.165, 1.54) is 5.56 Å². The normalized spacial score (nSPS) is 27.2. The molecule has 1 N–H and O–H groups in total. The van der Waals surface area contributed by atoms with Crippen molar-refractivity contribution in [3.8, 4) is 0 Å². The van der Waals surface area contributed by atoms with Gasteiger partial charge in [-0.3, -0.25) is 0 Å². The van der Waals surface area contributed by atoms with E-state index in [4.69, 9.17) is 4.74 Å². The Bertz CT molecular complexity index is 929. The van der Waals surface area contributed by atoms with Crippen molar-refractivity contribution in [3.05, 3.63) is 53.2 Å². The minimum atomic E-state index is -1.13. The summed E-state index contributed by atoms with van der Waals surface area (Å²) in [7, 11) is 2.10. The number of likely N-dealkylation sites (tertiary alicyclic amines) is 1. The summed E-state index contributed by atoms with van der Waals surface area (Å²) in [6, 6.07) is 10.5. The maximum absolute atomic E-state index is 12.4. The van der Waals surface area contributed by atoms with Crippen LogP contribution >= 0.6 is 0 Å². The highest BCUT2D eigenvalue weighted by atomic mass is 16.5. The van der Waals surface area contributed by atoms with Crippen LogP contribution in [0.3, 0.4) is 0 Å². The van der Waals surface area contributed by atoms with Crippen LogP contribution < -0.4 is 4.90 Å². The van der Waals surface area contributed by atoms with Gasteiger partial charge in [-0.25, -0.2) is 0 Å². The van der Waals surface area contributed by atoms with Crippen molar-refractivity contribution < 1.29 is 9.84 Å². The van der Waals surface area contributed by atoms with Crippen molar-refractivity contribution in [2.24, 2.45) is 11.3 Å². The summed E-state index contributed by atoms with van der Waals surface area (Å²) in [5.74, 6) is 1.87. The van der Waals surface area contributed by atoms with E-state index >= 15 is 0 Å². The van der Waals surface area contributed by atoms with Crippen molar-refractivity contribution in [3.63, 3.8) is 0 Å². The zero-order valence-electron chi connectivity index (χ0n) is 19.1. The van der Waals surface area contributed by atoms with Crippen molar-refractivity contribution in [2.75, 3.05) is 44.7 Å². The van der Waals surface area contributed by atoms with Gasteiger partial charge in [-0.15, -0.1) is 5.10 Å². The third-order valence-corrected chi connectivity index (χ3v) is 7.69. The average Bonchev–Trinajstić information content (AvgIpc) is 3.34. The van der Waals surface area contributed by atoms with Gasteiger partial charge in [0, 0.05) is 49.7 Å². The Kier molecular flexibility index (Phi) is 5.07. The fourth-order valence-electron chi connectivity index (χ4n) is 5.92. The molecule has 6 nitrogen and oxygen atoms in total. The topological polar surface area (TPSA) is 61.7 Å². The van der Waals surface area contributed by atoms with Crippen LogP contribution in [0.4, 0.5) is 5.82 Å². The van der Waals surface area contributed by atoms with Crippen molar-refractivity contribution in [1.29, 1.82) is 0 Å². The fraction of sp³-hybridized carbons (Fsp3) is 0.600. The molecule has 3 atom stereocenters. The Balaban J connectivity index is 1.53. The van der Waals surface area contributed by atoms with Gasteiger partial charge >= 0.3 is 0 Å². The van der Waals surface area contributed by atoms with E-state index in [1.807, 2.05) is 6.07 Å². The lowest BCUT2D eigenvalue weighted by Crippen LogP contribution is -2.63. The van der Waals surface area contributed by atoms with Crippen molar-refractivity contribution >= 4 is 5.82 Å². The number of aromatic nitrogens is 2. The fourth-order valence-corrected chi connectivity index (χ4v) is 5.92. The predicted octanol–water partition coefficient (Wildman–Crippen LogP) is 3.01. The van der Waals surface area contributed by atoms with E-state index in [0.717, 1.165) is 56.2 Å². The molecule has 3 aliphatic rings. The van der Waals surface area contributed by atoms with Crippen LogP contribution in [0.2, 0.25) is 0 Å². The molecule has 2 unspecified atom stereocenters. The first kappa shape index (κ1) is 20.9. The molecule has 6 heteroatoms. The highest BCUT2D eigenvalue weighted by Crippen LogP contribution is 2.50. The van der Waals surface area contributed by atoms with E-state index in [2.05, 4.69) is 72.1 Å². The first-order valence-electron chi connectivity index (χ1n) is 11.5. The number of hydrogen-bond donors (Lipinski definition) is 1. The molecular formula is C25H34N4O2. The molecule has 1 aromatic carbocycles. The summed E-state index contributed by atoms with van der Waals surface area (Å²) in [5.41, 5.74) is 1.59. The van der Waals surface area contributed by atoms with Crippen LogP contribution in [0, 0.1) is 11.3 Å². The minimum absolute atomic E-state index is 0.297. The molecule has 0 amide bonds. The average molecular weight is 423 g/mol. The summed E-state index contributed by atoms with van der Waals surface area (Å²) in [4.78, 5) is 4.52. The van der Waals surface area contributed by atoms with Gasteiger partial charge in [0.1, 0.15) is 5.60 Å². The number of aliphatic hydroxyl groups is 1. The lowest BCUT2D eigenvalue weighted by atomic mass is 9.62. The Labute approximate surface area is 185 Å². The molecule has 0 saturated carbocycles. The number of ether oxygens (including phenoxy) is 1. The van der Waals surface area contributed by atoms with Crippen molar-refractivity contribution in [1.82, 2.24) is 15.1 Å². The second-order valence-corrected chi connectivity index (χ2v) is 10.4. The highest BCUT2D eigenvalue weighted by Gasteiger charge is 2.55. The molecule has 1 aromatic heterocycles. The van der Waals surface area contributed by atoms with Crippen molar-refractivity contribution in [2.45, 2.75) is 44.8 Å². The molecule has 166 valence electrons. The zero-order valence-corrected chi connectivity index (χ0v) is 19.1. The second kappa shape index (κ2) is 7.54. The van der Waals surface area contributed by atoms with E-state index in [1.54, 1.807) is 6.20 Å². The Morgan fingerprint density at radius 2 is 1.90 bits per heavy atom. The van der Waals surface area contributed by atoms with E-state index in [-0.39, 0.29) is 5.41 Å². The summed E-state index contributed by atoms with van der Waals surface area (Å²) < 4.78 is 5.87. The number of anilines is 1. The van der Waals surface area contributed by atoms with Crippen LogP contribution in [0.1, 0.15) is 49.8 Å². The van der Waals surface area contributed by atoms with Crippen LogP contribution in [0.15, 0.2) is 36.5 Å². The maximum atomic E-state index is 12.4. The molecule has 5 rings (SSSR count). The van der Waals surface area contributed by atoms with Gasteiger partial charge in [0.2, 0.25) is 0 Å². The highest BCUT2D eigenvalue weighted by molar-refractivity contribution is 5.48. The molecule has 4 heterocycles. The molecule has 3 aliphatic heterocycles. The van der Waals surface area contributed by atoms with Gasteiger partial charge in [0.05, 0.1) is 12.3 Å². The van der Waals surface area contributed by atoms with E-state index in [9.17, 15) is 5.11 Å². The number of benzene rings is 1. The molecular weight excluding hydrogens is 388 g/mol. The number of fused-ring (bicyclic) bond motifs is 1. The number of nitrogens with zero attached hydrogens (tertiary/aromatic N) is 4. The summed E-state index contributed by atoms with van der Waals surface area (Å²) in [6.45, 7) is 10.9. The van der Waals surface area contributed by atoms with Crippen LogP contribution in [0.25, 0.3) is 0 Å². The molecule has 3 fully saturated rings. The molecule has 31 heavy (non-hydrogen) atoms. The lowest BCUT2D eigenvalue weighted by Gasteiger charge is -2.55. The summed E-state index contributed by atoms with van der Waals surface area (Å²) in [5, 5.41) is 21.1. The van der Waals surface area contributed by atoms with E-state index < -0.39 is 5.60 Å². The van der Waals surface area contributed by atoms with Gasteiger partial charge in [0.25, 0.3) is 0 Å². The quantitative estimate of drug-likeness (QED) is 0.799. The summed E-state index contributed by atoms with van der Waals surface area (Å²) >= 11 is 0. The lowest BCUT2D eigenvalue weighted by molar-refractivity contribution is -0.127. The predicted molar refractivity (Wildman–Crippen MR) is 121 cm³/mol. The Morgan fingerprint density at radius 1 is 1.16 bits per heavy atom. The molecule has 3 saturated heterocycles. The van der Waals surface area contributed by atoms with Crippen LogP contribution in [-0.2, 0) is 10.3 Å². The molecule has 0 aliphatic carbocycles. The number of hydrogen-bond acceptors (Lipinski definition) is 6. The van der Waals surface area contributed by atoms with Gasteiger partial charge in [-0.2, -0.15) is 5.10 Å².